The number of hydrogen-bond acceptors (Lipinski definition) is 3. The van der Waals surface area contributed by atoms with Crippen LogP contribution in [-0.4, -0.2) is 21.3 Å². The van der Waals surface area contributed by atoms with Crippen molar-refractivity contribution in [1.29, 1.82) is 0 Å². The van der Waals surface area contributed by atoms with E-state index in [1.54, 1.807) is 14.2 Å². The van der Waals surface area contributed by atoms with Gasteiger partial charge in [0.15, 0.2) is 11.5 Å². The molecule has 22 heavy (non-hydrogen) atoms. The van der Waals surface area contributed by atoms with E-state index in [9.17, 15) is 0 Å². The van der Waals surface area contributed by atoms with Crippen LogP contribution in [0.4, 0.5) is 0 Å². The van der Waals surface area contributed by atoms with E-state index in [0.29, 0.717) is 0 Å². The molecule has 0 saturated heterocycles. The zero-order valence-corrected chi connectivity index (χ0v) is 14.3. The summed E-state index contributed by atoms with van der Waals surface area (Å²) < 4.78 is 11.1. The molecule has 3 heteroatoms. The third-order valence-electron chi connectivity index (χ3n) is 4.25. The average Bonchev–Trinajstić information content (AvgIpc) is 2.55. The van der Waals surface area contributed by atoms with Crippen LogP contribution in [0.3, 0.4) is 0 Å². The Bertz CT molecular complexity index is 665. The Morgan fingerprint density at radius 2 is 1.68 bits per heavy atom. The van der Waals surface area contributed by atoms with Crippen molar-refractivity contribution in [2.45, 2.75) is 26.8 Å². The van der Waals surface area contributed by atoms with Crippen LogP contribution in [0.15, 0.2) is 30.3 Å². The average molecular weight is 299 g/mol. The molecule has 0 aromatic heterocycles. The molecule has 1 unspecified atom stereocenters. The standard InChI is InChI=1S/C19H25NO2/c1-12-7-8-15(9-13(12)2)17-10-16(14(3)20-4)11-18(21-5)19(17)22-6/h7-11,14,20H,1-6H3. The Kier molecular flexibility index (Phi) is 5.09. The zero-order chi connectivity index (χ0) is 16.3. The highest BCUT2D eigenvalue weighted by Gasteiger charge is 2.16. The summed E-state index contributed by atoms with van der Waals surface area (Å²) in [6.45, 7) is 6.38. The van der Waals surface area contributed by atoms with Crippen LogP contribution in [0, 0.1) is 13.8 Å². The fourth-order valence-corrected chi connectivity index (χ4v) is 2.53. The number of methoxy groups -OCH3 is 2. The predicted molar refractivity (Wildman–Crippen MR) is 91.9 cm³/mol. The van der Waals surface area contributed by atoms with E-state index in [2.05, 4.69) is 50.4 Å². The van der Waals surface area contributed by atoms with Gasteiger partial charge >= 0.3 is 0 Å². The lowest BCUT2D eigenvalue weighted by atomic mass is 9.96. The van der Waals surface area contributed by atoms with Crippen LogP contribution in [0.2, 0.25) is 0 Å². The summed E-state index contributed by atoms with van der Waals surface area (Å²) in [4.78, 5) is 0. The molecule has 0 heterocycles. The quantitative estimate of drug-likeness (QED) is 0.894. The van der Waals surface area contributed by atoms with Crippen molar-refractivity contribution in [2.24, 2.45) is 0 Å². The summed E-state index contributed by atoms with van der Waals surface area (Å²) >= 11 is 0. The van der Waals surface area contributed by atoms with Gasteiger partial charge in [0, 0.05) is 11.6 Å². The number of hydrogen-bond donors (Lipinski definition) is 1. The van der Waals surface area contributed by atoms with Crippen LogP contribution >= 0.6 is 0 Å². The summed E-state index contributed by atoms with van der Waals surface area (Å²) in [6, 6.07) is 10.9. The molecule has 1 N–H and O–H groups in total. The van der Waals surface area contributed by atoms with Crippen molar-refractivity contribution in [3.63, 3.8) is 0 Å². The van der Waals surface area contributed by atoms with E-state index in [-0.39, 0.29) is 6.04 Å². The highest BCUT2D eigenvalue weighted by molar-refractivity contribution is 5.75. The Hall–Kier alpha value is -2.00. The molecule has 0 radical (unpaired) electrons. The topological polar surface area (TPSA) is 30.5 Å². The first-order valence-corrected chi connectivity index (χ1v) is 7.52. The first kappa shape index (κ1) is 16.4. The third kappa shape index (κ3) is 3.09. The fraction of sp³-hybridized carbons (Fsp3) is 0.368. The highest BCUT2D eigenvalue weighted by Crippen LogP contribution is 2.40. The summed E-state index contributed by atoms with van der Waals surface area (Å²) in [6.07, 6.45) is 0. The molecule has 2 rings (SSSR count). The molecule has 1 atom stereocenters. The number of aryl methyl sites for hydroxylation is 2. The van der Waals surface area contributed by atoms with E-state index >= 15 is 0 Å². The maximum absolute atomic E-state index is 5.61. The van der Waals surface area contributed by atoms with Crippen LogP contribution in [0.5, 0.6) is 11.5 Å². The lowest BCUT2D eigenvalue weighted by molar-refractivity contribution is 0.355. The second-order valence-electron chi connectivity index (χ2n) is 5.61. The molecule has 0 amide bonds. The molecule has 0 aliphatic heterocycles. The zero-order valence-electron chi connectivity index (χ0n) is 14.3. The van der Waals surface area contributed by atoms with Gasteiger partial charge in [-0.05, 0) is 62.2 Å². The highest BCUT2D eigenvalue weighted by atomic mass is 16.5. The van der Waals surface area contributed by atoms with Crippen LogP contribution < -0.4 is 14.8 Å². The molecule has 0 bridgehead atoms. The Morgan fingerprint density at radius 1 is 0.955 bits per heavy atom. The molecule has 0 aliphatic carbocycles. The minimum Gasteiger partial charge on any atom is -0.493 e. The van der Waals surface area contributed by atoms with Gasteiger partial charge in [-0.15, -0.1) is 0 Å². The Labute approximate surface area is 133 Å². The minimum absolute atomic E-state index is 0.241. The summed E-state index contributed by atoms with van der Waals surface area (Å²) in [5.74, 6) is 1.54. The van der Waals surface area contributed by atoms with Gasteiger partial charge in [-0.25, -0.2) is 0 Å². The molecule has 0 fully saturated rings. The van der Waals surface area contributed by atoms with E-state index in [4.69, 9.17) is 9.47 Å². The largest absolute Gasteiger partial charge is 0.493 e. The molecular formula is C19H25NO2. The summed E-state index contributed by atoms with van der Waals surface area (Å²) in [5, 5.41) is 3.27. The number of rotatable bonds is 5. The van der Waals surface area contributed by atoms with Gasteiger partial charge in [0.1, 0.15) is 0 Å². The maximum atomic E-state index is 5.61. The molecule has 0 saturated carbocycles. The van der Waals surface area contributed by atoms with Gasteiger partial charge in [-0.1, -0.05) is 18.2 Å². The van der Waals surface area contributed by atoms with Gasteiger partial charge in [0.25, 0.3) is 0 Å². The van der Waals surface area contributed by atoms with E-state index in [1.807, 2.05) is 13.1 Å². The van der Waals surface area contributed by atoms with Gasteiger partial charge in [0.05, 0.1) is 14.2 Å². The number of benzene rings is 2. The smallest absolute Gasteiger partial charge is 0.168 e. The number of ether oxygens (including phenoxy) is 2. The summed E-state index contributed by atoms with van der Waals surface area (Å²) in [7, 11) is 5.32. The lowest BCUT2D eigenvalue weighted by Crippen LogP contribution is -2.12. The van der Waals surface area contributed by atoms with Gasteiger partial charge in [-0.3, -0.25) is 0 Å². The second kappa shape index (κ2) is 6.84. The van der Waals surface area contributed by atoms with E-state index in [1.165, 1.54) is 16.7 Å². The van der Waals surface area contributed by atoms with Crippen LogP contribution in [-0.2, 0) is 0 Å². The lowest BCUT2D eigenvalue weighted by Gasteiger charge is -2.19. The van der Waals surface area contributed by atoms with Crippen molar-refractivity contribution in [3.05, 3.63) is 47.0 Å². The monoisotopic (exact) mass is 299 g/mol. The van der Waals surface area contributed by atoms with Gasteiger partial charge < -0.3 is 14.8 Å². The van der Waals surface area contributed by atoms with Crippen LogP contribution in [0.1, 0.15) is 29.7 Å². The molecular weight excluding hydrogens is 274 g/mol. The first-order chi connectivity index (χ1) is 10.5. The molecule has 3 nitrogen and oxygen atoms in total. The Morgan fingerprint density at radius 3 is 2.23 bits per heavy atom. The predicted octanol–water partition coefficient (Wildman–Crippen LogP) is 4.27. The molecule has 118 valence electrons. The van der Waals surface area contributed by atoms with Crippen molar-refractivity contribution in [2.75, 3.05) is 21.3 Å². The minimum atomic E-state index is 0.241. The Balaban J connectivity index is 2.67. The van der Waals surface area contributed by atoms with Crippen LogP contribution in [0.25, 0.3) is 11.1 Å². The van der Waals surface area contributed by atoms with E-state index < -0.39 is 0 Å². The SMILES string of the molecule is CNC(C)c1cc(OC)c(OC)c(-c2ccc(C)c(C)c2)c1. The maximum Gasteiger partial charge on any atom is 0.168 e. The molecule has 2 aromatic carbocycles. The third-order valence-corrected chi connectivity index (χ3v) is 4.25. The van der Waals surface area contributed by atoms with Gasteiger partial charge in [-0.2, -0.15) is 0 Å². The van der Waals surface area contributed by atoms with Crippen molar-refractivity contribution in [3.8, 4) is 22.6 Å². The summed E-state index contributed by atoms with van der Waals surface area (Å²) in [5.41, 5.74) is 5.93. The number of nitrogens with one attached hydrogen (secondary N) is 1. The molecule has 2 aromatic rings. The van der Waals surface area contributed by atoms with Crippen molar-refractivity contribution >= 4 is 0 Å². The van der Waals surface area contributed by atoms with Gasteiger partial charge in [0.2, 0.25) is 0 Å². The van der Waals surface area contributed by atoms with E-state index in [0.717, 1.165) is 22.6 Å². The molecule has 0 aliphatic rings. The van der Waals surface area contributed by atoms with Crippen molar-refractivity contribution in [1.82, 2.24) is 5.32 Å². The van der Waals surface area contributed by atoms with Crippen molar-refractivity contribution < 1.29 is 9.47 Å². The fourth-order valence-electron chi connectivity index (χ4n) is 2.53. The molecule has 0 spiro atoms. The normalized spacial score (nSPS) is 12.1. The first-order valence-electron chi connectivity index (χ1n) is 7.52. The second-order valence-corrected chi connectivity index (χ2v) is 5.61.